The number of Topliss-reactive ketones (excluding diaryl/α,β-unsaturated/α-hetero) is 1. The number of nitrogens with zero attached hydrogens (tertiary/aromatic N) is 3. The van der Waals surface area contributed by atoms with Gasteiger partial charge < -0.3 is 5.32 Å². The van der Waals surface area contributed by atoms with Gasteiger partial charge >= 0.3 is 0 Å². The van der Waals surface area contributed by atoms with Crippen molar-refractivity contribution in [1.82, 2.24) is 14.6 Å². The number of carbonyl (C=O) groups is 1. The van der Waals surface area contributed by atoms with Crippen molar-refractivity contribution in [1.29, 1.82) is 0 Å². The average Bonchev–Trinajstić information content (AvgIpc) is 3.25. The predicted octanol–water partition coefficient (Wildman–Crippen LogP) is 3.51. The van der Waals surface area contributed by atoms with Gasteiger partial charge in [-0.15, -0.1) is 5.10 Å². The molecule has 1 fully saturated rings. The zero-order valence-corrected chi connectivity index (χ0v) is 13.5. The molecule has 2 heterocycles. The standard InChI is InChI=1S/C19H20N4O/c24-16(14-7-2-1-3-8-14)13-17-21-19-12-6-11-18(23(19)22-17)20-15-9-4-5-10-15/h1-3,6-8,11-12,15,20H,4-5,9-10,13H2. The fourth-order valence-corrected chi connectivity index (χ4v) is 3.28. The van der Waals surface area contributed by atoms with Crippen molar-refractivity contribution in [3.8, 4) is 0 Å². The molecule has 5 heteroatoms. The van der Waals surface area contributed by atoms with Crippen LogP contribution < -0.4 is 5.32 Å². The number of anilines is 1. The quantitative estimate of drug-likeness (QED) is 0.731. The first-order chi connectivity index (χ1) is 11.8. The Bertz CT molecular complexity index is 850. The molecular weight excluding hydrogens is 300 g/mol. The monoisotopic (exact) mass is 320 g/mol. The predicted molar refractivity (Wildman–Crippen MR) is 93.3 cm³/mol. The van der Waals surface area contributed by atoms with Crippen molar-refractivity contribution in [2.45, 2.75) is 38.1 Å². The number of hydrogen-bond donors (Lipinski definition) is 1. The van der Waals surface area contributed by atoms with Crippen LogP contribution in [0.2, 0.25) is 0 Å². The van der Waals surface area contributed by atoms with Gasteiger partial charge in [0.05, 0.1) is 6.42 Å². The minimum atomic E-state index is 0.0387. The van der Waals surface area contributed by atoms with Crippen LogP contribution in [0.15, 0.2) is 48.5 Å². The molecule has 5 nitrogen and oxygen atoms in total. The lowest BCUT2D eigenvalue weighted by Crippen LogP contribution is -2.17. The van der Waals surface area contributed by atoms with Crippen molar-refractivity contribution in [3.05, 3.63) is 59.9 Å². The molecule has 1 saturated carbocycles. The lowest BCUT2D eigenvalue weighted by atomic mass is 10.1. The summed E-state index contributed by atoms with van der Waals surface area (Å²) in [7, 11) is 0. The summed E-state index contributed by atoms with van der Waals surface area (Å²) in [5, 5.41) is 8.10. The van der Waals surface area contributed by atoms with Gasteiger partial charge in [0, 0.05) is 11.6 Å². The van der Waals surface area contributed by atoms with Crippen LogP contribution in [0.5, 0.6) is 0 Å². The zero-order valence-electron chi connectivity index (χ0n) is 13.5. The Morgan fingerprint density at radius 2 is 1.88 bits per heavy atom. The Balaban J connectivity index is 1.57. The topological polar surface area (TPSA) is 59.3 Å². The summed E-state index contributed by atoms with van der Waals surface area (Å²) in [4.78, 5) is 16.9. The van der Waals surface area contributed by atoms with Crippen LogP contribution in [0.4, 0.5) is 5.82 Å². The lowest BCUT2D eigenvalue weighted by molar-refractivity contribution is 0.0991. The van der Waals surface area contributed by atoms with Gasteiger partial charge in [-0.2, -0.15) is 4.52 Å². The van der Waals surface area contributed by atoms with Gasteiger partial charge in [-0.05, 0) is 25.0 Å². The number of aromatic nitrogens is 3. The highest BCUT2D eigenvalue weighted by molar-refractivity contribution is 5.97. The van der Waals surface area contributed by atoms with E-state index >= 15 is 0 Å². The van der Waals surface area contributed by atoms with Crippen molar-refractivity contribution >= 4 is 17.2 Å². The molecule has 1 N–H and O–H groups in total. The largest absolute Gasteiger partial charge is 0.367 e. The van der Waals surface area contributed by atoms with Gasteiger partial charge in [0.25, 0.3) is 0 Å². The Morgan fingerprint density at radius 1 is 1.08 bits per heavy atom. The van der Waals surface area contributed by atoms with E-state index in [4.69, 9.17) is 0 Å². The summed E-state index contributed by atoms with van der Waals surface area (Å²) in [6, 6.07) is 15.7. The second-order valence-corrected chi connectivity index (χ2v) is 6.30. The molecule has 2 aromatic heterocycles. The first-order valence-electron chi connectivity index (χ1n) is 8.49. The molecule has 0 radical (unpaired) electrons. The summed E-state index contributed by atoms with van der Waals surface area (Å²) in [6.45, 7) is 0. The van der Waals surface area contributed by atoms with Gasteiger partial charge in [-0.1, -0.05) is 49.2 Å². The zero-order chi connectivity index (χ0) is 16.4. The fraction of sp³-hybridized carbons (Fsp3) is 0.316. The highest BCUT2D eigenvalue weighted by Crippen LogP contribution is 2.22. The maximum absolute atomic E-state index is 12.3. The van der Waals surface area contributed by atoms with Crippen LogP contribution in [0.3, 0.4) is 0 Å². The number of hydrogen-bond acceptors (Lipinski definition) is 4. The van der Waals surface area contributed by atoms with Gasteiger partial charge in [0.15, 0.2) is 17.3 Å². The van der Waals surface area contributed by atoms with E-state index in [1.807, 2.05) is 53.0 Å². The summed E-state index contributed by atoms with van der Waals surface area (Å²) >= 11 is 0. The molecule has 0 bridgehead atoms. The molecular formula is C19H20N4O. The summed E-state index contributed by atoms with van der Waals surface area (Å²) < 4.78 is 1.81. The smallest absolute Gasteiger partial charge is 0.170 e. The molecule has 4 rings (SSSR count). The molecule has 0 unspecified atom stereocenters. The van der Waals surface area contributed by atoms with Crippen molar-refractivity contribution in [2.75, 3.05) is 5.32 Å². The number of benzene rings is 1. The molecule has 0 amide bonds. The molecule has 3 aromatic rings. The van der Waals surface area contributed by atoms with E-state index in [0.717, 1.165) is 11.5 Å². The number of carbonyl (C=O) groups excluding carboxylic acids is 1. The summed E-state index contributed by atoms with van der Waals surface area (Å²) in [5.74, 6) is 1.55. The van der Waals surface area contributed by atoms with Crippen LogP contribution in [0.25, 0.3) is 5.65 Å². The van der Waals surface area contributed by atoms with Crippen LogP contribution in [0, 0.1) is 0 Å². The van der Waals surface area contributed by atoms with Crippen LogP contribution in [-0.4, -0.2) is 26.4 Å². The first-order valence-corrected chi connectivity index (χ1v) is 8.49. The summed E-state index contributed by atoms with van der Waals surface area (Å²) in [5.41, 5.74) is 1.47. The SMILES string of the molecule is O=C(Cc1nc2cccc(NC3CCCC3)n2n1)c1ccccc1. The first kappa shape index (κ1) is 14.9. The van der Waals surface area contributed by atoms with E-state index < -0.39 is 0 Å². The van der Waals surface area contributed by atoms with Crippen molar-refractivity contribution in [2.24, 2.45) is 0 Å². The second kappa shape index (κ2) is 6.43. The highest BCUT2D eigenvalue weighted by Gasteiger charge is 2.17. The van der Waals surface area contributed by atoms with E-state index in [1.165, 1.54) is 25.7 Å². The van der Waals surface area contributed by atoms with E-state index in [2.05, 4.69) is 15.4 Å². The summed E-state index contributed by atoms with van der Waals surface area (Å²) in [6.07, 6.45) is 5.17. The molecule has 1 aromatic carbocycles. The van der Waals surface area contributed by atoms with E-state index in [1.54, 1.807) is 0 Å². The molecule has 0 atom stereocenters. The normalized spacial score (nSPS) is 15.0. The third kappa shape index (κ3) is 3.02. The average molecular weight is 320 g/mol. The van der Waals surface area contributed by atoms with E-state index in [-0.39, 0.29) is 12.2 Å². The number of fused-ring (bicyclic) bond motifs is 1. The Labute approximate surface area is 140 Å². The highest BCUT2D eigenvalue weighted by atomic mass is 16.1. The Morgan fingerprint density at radius 3 is 2.67 bits per heavy atom. The third-order valence-corrected chi connectivity index (χ3v) is 4.53. The lowest BCUT2D eigenvalue weighted by Gasteiger charge is -2.13. The fourth-order valence-electron chi connectivity index (χ4n) is 3.28. The van der Waals surface area contributed by atoms with Crippen LogP contribution in [0.1, 0.15) is 41.9 Å². The molecule has 24 heavy (non-hydrogen) atoms. The number of rotatable bonds is 5. The molecule has 0 spiro atoms. The van der Waals surface area contributed by atoms with Gasteiger partial charge in [0.2, 0.25) is 0 Å². The molecule has 122 valence electrons. The number of ketones is 1. The van der Waals surface area contributed by atoms with Gasteiger partial charge in [0.1, 0.15) is 5.82 Å². The molecule has 0 aliphatic heterocycles. The van der Waals surface area contributed by atoms with E-state index in [9.17, 15) is 4.79 Å². The van der Waals surface area contributed by atoms with Crippen LogP contribution >= 0.6 is 0 Å². The molecule has 0 saturated heterocycles. The molecule has 1 aliphatic rings. The minimum Gasteiger partial charge on any atom is -0.367 e. The Hall–Kier alpha value is -2.69. The number of nitrogens with one attached hydrogen (secondary N) is 1. The maximum Gasteiger partial charge on any atom is 0.170 e. The van der Waals surface area contributed by atoms with Crippen LogP contribution in [-0.2, 0) is 6.42 Å². The van der Waals surface area contributed by atoms with E-state index in [0.29, 0.717) is 17.4 Å². The molecule has 1 aliphatic carbocycles. The number of pyridine rings is 1. The van der Waals surface area contributed by atoms with Crippen molar-refractivity contribution < 1.29 is 4.79 Å². The van der Waals surface area contributed by atoms with Gasteiger partial charge in [-0.25, -0.2) is 4.98 Å². The van der Waals surface area contributed by atoms with Gasteiger partial charge in [-0.3, -0.25) is 4.79 Å². The maximum atomic E-state index is 12.3. The second-order valence-electron chi connectivity index (χ2n) is 6.30. The Kier molecular flexibility index (Phi) is 3.99. The van der Waals surface area contributed by atoms with Crippen molar-refractivity contribution in [3.63, 3.8) is 0 Å². The third-order valence-electron chi connectivity index (χ3n) is 4.53. The minimum absolute atomic E-state index is 0.0387.